The van der Waals surface area contributed by atoms with E-state index in [2.05, 4.69) is 25.8 Å². The number of aryl methyl sites for hydroxylation is 1. The SMILES string of the molecule is Cc1ccc(-n2cnnn2)cc1NC(=O)c1ccc(SCc2cn3ccccc3n2)cc1. The molecule has 3 heterocycles. The van der Waals surface area contributed by atoms with Crippen LogP contribution in [0.25, 0.3) is 11.3 Å². The molecule has 9 heteroatoms. The summed E-state index contributed by atoms with van der Waals surface area (Å²) in [5.41, 5.74) is 4.99. The molecule has 2 aromatic carbocycles. The number of anilines is 1. The highest BCUT2D eigenvalue weighted by Crippen LogP contribution is 2.24. The maximum atomic E-state index is 12.8. The number of rotatable bonds is 6. The number of nitrogens with one attached hydrogen (secondary N) is 1. The molecule has 0 spiro atoms. The van der Waals surface area contributed by atoms with E-state index in [0.29, 0.717) is 11.3 Å². The molecule has 0 fully saturated rings. The van der Waals surface area contributed by atoms with Crippen LogP contribution in [0.15, 0.2) is 84.3 Å². The highest BCUT2D eigenvalue weighted by molar-refractivity contribution is 7.98. The number of thioether (sulfide) groups is 1. The Morgan fingerprint density at radius 3 is 2.75 bits per heavy atom. The number of benzene rings is 2. The topological polar surface area (TPSA) is 90.0 Å². The lowest BCUT2D eigenvalue weighted by atomic mass is 10.1. The number of imidazole rings is 1. The highest BCUT2D eigenvalue weighted by Gasteiger charge is 2.10. The molecule has 5 rings (SSSR count). The van der Waals surface area contributed by atoms with Gasteiger partial charge in [0.25, 0.3) is 5.91 Å². The Kier molecular flexibility index (Phi) is 5.39. The zero-order valence-corrected chi connectivity index (χ0v) is 18.0. The molecule has 0 aliphatic rings. The summed E-state index contributed by atoms with van der Waals surface area (Å²) in [7, 11) is 0. The second-order valence-electron chi connectivity index (χ2n) is 7.22. The number of hydrogen-bond donors (Lipinski definition) is 1. The molecule has 0 saturated carbocycles. The molecule has 3 aromatic heterocycles. The van der Waals surface area contributed by atoms with Gasteiger partial charge in [-0.15, -0.1) is 16.9 Å². The summed E-state index contributed by atoms with van der Waals surface area (Å²) in [5, 5.41) is 14.2. The van der Waals surface area contributed by atoms with Crippen molar-refractivity contribution in [3.63, 3.8) is 0 Å². The van der Waals surface area contributed by atoms with Gasteiger partial charge in [-0.3, -0.25) is 4.79 Å². The van der Waals surface area contributed by atoms with Gasteiger partial charge in [0, 0.05) is 34.3 Å². The number of hydrogen-bond acceptors (Lipinski definition) is 6. The third-order valence-corrected chi connectivity index (χ3v) is 6.05. The normalized spacial score (nSPS) is 11.0. The van der Waals surface area contributed by atoms with Gasteiger partial charge in [-0.25, -0.2) is 9.67 Å². The molecule has 1 amide bonds. The van der Waals surface area contributed by atoms with Crippen molar-refractivity contribution in [2.24, 2.45) is 0 Å². The van der Waals surface area contributed by atoms with Gasteiger partial charge in [-0.05, 0) is 71.4 Å². The van der Waals surface area contributed by atoms with Crippen LogP contribution in [0.1, 0.15) is 21.6 Å². The minimum Gasteiger partial charge on any atom is -0.322 e. The fourth-order valence-electron chi connectivity index (χ4n) is 3.28. The maximum absolute atomic E-state index is 12.8. The lowest BCUT2D eigenvalue weighted by molar-refractivity contribution is 0.102. The van der Waals surface area contributed by atoms with Crippen molar-refractivity contribution in [2.75, 3.05) is 5.32 Å². The number of carbonyl (C=O) groups excluding carboxylic acids is 1. The van der Waals surface area contributed by atoms with Gasteiger partial charge in [-0.1, -0.05) is 12.1 Å². The third kappa shape index (κ3) is 4.23. The van der Waals surface area contributed by atoms with Crippen LogP contribution in [-0.2, 0) is 5.75 Å². The van der Waals surface area contributed by atoms with Crippen LogP contribution in [0.5, 0.6) is 0 Å². The average molecular weight is 442 g/mol. The zero-order valence-electron chi connectivity index (χ0n) is 17.2. The van der Waals surface area contributed by atoms with E-state index in [9.17, 15) is 4.79 Å². The van der Waals surface area contributed by atoms with Gasteiger partial charge >= 0.3 is 0 Å². The number of aromatic nitrogens is 6. The quantitative estimate of drug-likeness (QED) is 0.398. The number of carbonyl (C=O) groups is 1. The molecular weight excluding hydrogens is 422 g/mol. The molecule has 0 saturated heterocycles. The smallest absolute Gasteiger partial charge is 0.255 e. The van der Waals surface area contributed by atoms with E-state index >= 15 is 0 Å². The van der Waals surface area contributed by atoms with Crippen molar-refractivity contribution in [1.82, 2.24) is 29.6 Å². The maximum Gasteiger partial charge on any atom is 0.255 e. The van der Waals surface area contributed by atoms with Crippen molar-refractivity contribution in [1.29, 1.82) is 0 Å². The Bertz CT molecular complexity index is 1340. The van der Waals surface area contributed by atoms with Crippen molar-refractivity contribution in [2.45, 2.75) is 17.6 Å². The first-order valence-corrected chi connectivity index (χ1v) is 11.0. The molecule has 0 bridgehead atoms. The first-order valence-electron chi connectivity index (χ1n) is 9.96. The second kappa shape index (κ2) is 8.64. The fraction of sp³-hybridized carbons (Fsp3) is 0.0870. The first kappa shape index (κ1) is 20.0. The van der Waals surface area contributed by atoms with Crippen LogP contribution in [0.2, 0.25) is 0 Å². The second-order valence-corrected chi connectivity index (χ2v) is 8.27. The summed E-state index contributed by atoms with van der Waals surface area (Å²) in [4.78, 5) is 18.5. The number of nitrogens with zero attached hydrogens (tertiary/aromatic N) is 6. The first-order chi connectivity index (χ1) is 15.7. The van der Waals surface area contributed by atoms with Gasteiger partial charge in [-0.2, -0.15) is 0 Å². The van der Waals surface area contributed by atoms with E-state index < -0.39 is 0 Å². The largest absolute Gasteiger partial charge is 0.322 e. The molecule has 0 aliphatic carbocycles. The summed E-state index contributed by atoms with van der Waals surface area (Å²) in [6.45, 7) is 1.94. The molecule has 32 heavy (non-hydrogen) atoms. The van der Waals surface area contributed by atoms with Crippen LogP contribution in [0.3, 0.4) is 0 Å². The van der Waals surface area contributed by atoms with Gasteiger partial charge in [0.1, 0.15) is 12.0 Å². The Morgan fingerprint density at radius 1 is 1.09 bits per heavy atom. The number of tetrazole rings is 1. The summed E-state index contributed by atoms with van der Waals surface area (Å²) in [6, 6.07) is 19.2. The highest BCUT2D eigenvalue weighted by atomic mass is 32.2. The van der Waals surface area contributed by atoms with Crippen molar-refractivity contribution in [3.8, 4) is 5.69 Å². The average Bonchev–Trinajstić information content (AvgIpc) is 3.49. The lowest BCUT2D eigenvalue weighted by Crippen LogP contribution is -2.13. The minimum atomic E-state index is -0.168. The molecule has 0 atom stereocenters. The summed E-state index contributed by atoms with van der Waals surface area (Å²) in [5.74, 6) is 0.593. The third-order valence-electron chi connectivity index (χ3n) is 5.00. The Hall–Kier alpha value is -3.98. The van der Waals surface area contributed by atoms with Crippen LogP contribution >= 0.6 is 11.8 Å². The summed E-state index contributed by atoms with van der Waals surface area (Å²) < 4.78 is 3.56. The van der Waals surface area contributed by atoms with Crippen molar-refractivity contribution in [3.05, 3.63) is 96.2 Å². The van der Waals surface area contributed by atoms with Gasteiger partial charge in [0.2, 0.25) is 0 Å². The van der Waals surface area contributed by atoms with E-state index in [4.69, 9.17) is 0 Å². The van der Waals surface area contributed by atoms with Crippen LogP contribution in [0, 0.1) is 6.92 Å². The predicted octanol–water partition coefficient (Wildman–Crippen LogP) is 4.16. The van der Waals surface area contributed by atoms with E-state index in [1.54, 1.807) is 16.4 Å². The summed E-state index contributed by atoms with van der Waals surface area (Å²) in [6.07, 6.45) is 5.54. The van der Waals surface area contributed by atoms with E-state index in [0.717, 1.165) is 33.2 Å². The van der Waals surface area contributed by atoms with E-state index in [-0.39, 0.29) is 5.91 Å². The molecule has 0 aliphatic heterocycles. The molecule has 0 unspecified atom stereocenters. The van der Waals surface area contributed by atoms with Gasteiger partial charge in [0.15, 0.2) is 0 Å². The molecule has 0 radical (unpaired) electrons. The van der Waals surface area contributed by atoms with Crippen molar-refractivity contribution >= 4 is 29.0 Å². The van der Waals surface area contributed by atoms with E-state index in [1.165, 1.54) is 6.33 Å². The monoisotopic (exact) mass is 441 g/mol. The fourth-order valence-corrected chi connectivity index (χ4v) is 4.06. The Morgan fingerprint density at radius 2 is 1.97 bits per heavy atom. The molecule has 5 aromatic rings. The molecule has 158 valence electrons. The van der Waals surface area contributed by atoms with Gasteiger partial charge < -0.3 is 9.72 Å². The molecule has 1 N–H and O–H groups in total. The molecule has 8 nitrogen and oxygen atoms in total. The van der Waals surface area contributed by atoms with Crippen molar-refractivity contribution < 1.29 is 4.79 Å². The number of amides is 1. The van der Waals surface area contributed by atoms with E-state index in [1.807, 2.05) is 84.4 Å². The van der Waals surface area contributed by atoms with Gasteiger partial charge in [0.05, 0.1) is 11.4 Å². The standard InChI is InChI=1S/C23H19N7OS/c1-16-5-8-19(30-15-24-27-28-30)12-21(16)26-23(31)17-6-9-20(10-7-17)32-14-18-13-29-11-3-2-4-22(29)25-18/h2-13,15H,14H2,1H3,(H,26,31). The zero-order chi connectivity index (χ0) is 21.9. The van der Waals surface area contributed by atoms with Crippen LogP contribution in [-0.4, -0.2) is 35.5 Å². The minimum absolute atomic E-state index is 0.168. The number of fused-ring (bicyclic) bond motifs is 1. The number of pyridine rings is 1. The lowest BCUT2D eigenvalue weighted by Gasteiger charge is -2.11. The Balaban J connectivity index is 1.25. The predicted molar refractivity (Wildman–Crippen MR) is 123 cm³/mol. The summed E-state index contributed by atoms with van der Waals surface area (Å²) >= 11 is 1.69. The van der Waals surface area contributed by atoms with Crippen LogP contribution in [0.4, 0.5) is 5.69 Å². The molecular formula is C23H19N7OS. The van der Waals surface area contributed by atoms with Crippen LogP contribution < -0.4 is 5.32 Å². The Labute approximate surface area is 188 Å².